The highest BCUT2D eigenvalue weighted by Gasteiger charge is 2.22. The van der Waals surface area contributed by atoms with Crippen LogP contribution in [-0.2, 0) is 19.1 Å². The zero-order valence-corrected chi connectivity index (χ0v) is 15.8. The summed E-state index contributed by atoms with van der Waals surface area (Å²) < 4.78 is 11.9. The number of fused-ring (bicyclic) bond motifs is 1. The summed E-state index contributed by atoms with van der Waals surface area (Å²) >= 11 is 0. The molecule has 0 radical (unpaired) electrons. The van der Waals surface area contributed by atoms with Crippen molar-refractivity contribution in [2.24, 2.45) is 0 Å². The van der Waals surface area contributed by atoms with Crippen molar-refractivity contribution >= 4 is 34.2 Å². The number of benzene rings is 2. The lowest BCUT2D eigenvalue weighted by Gasteiger charge is -2.14. The normalized spacial score (nSPS) is 11.4. The van der Waals surface area contributed by atoms with Gasteiger partial charge in [0.15, 0.2) is 0 Å². The van der Waals surface area contributed by atoms with Gasteiger partial charge in [0.2, 0.25) is 0 Å². The van der Waals surface area contributed by atoms with E-state index in [1.165, 1.54) is 6.08 Å². The van der Waals surface area contributed by atoms with Crippen molar-refractivity contribution in [3.63, 3.8) is 0 Å². The van der Waals surface area contributed by atoms with Crippen LogP contribution in [-0.4, -0.2) is 29.7 Å². The van der Waals surface area contributed by atoms with Crippen LogP contribution >= 0.6 is 0 Å². The zero-order valence-electron chi connectivity index (χ0n) is 15.8. The molecule has 6 heteroatoms. The van der Waals surface area contributed by atoms with E-state index in [1.54, 1.807) is 24.5 Å². The molecule has 0 saturated heterocycles. The topological polar surface area (TPSA) is 83.6 Å². The summed E-state index contributed by atoms with van der Waals surface area (Å²) in [5, 5.41) is 0.845. The summed E-state index contributed by atoms with van der Waals surface area (Å²) in [4.78, 5) is 24.9. The number of nitrogens with two attached hydrogens (primary N) is 1. The molecule has 0 fully saturated rings. The predicted octanol–water partition coefficient (Wildman–Crippen LogP) is 3.86. The van der Waals surface area contributed by atoms with E-state index >= 15 is 0 Å². The van der Waals surface area contributed by atoms with E-state index in [-0.39, 0.29) is 18.9 Å². The van der Waals surface area contributed by atoms with Crippen LogP contribution in [0, 0.1) is 0 Å². The van der Waals surface area contributed by atoms with Crippen molar-refractivity contribution in [3.05, 3.63) is 60.7 Å². The Kier molecular flexibility index (Phi) is 5.79. The molecule has 0 bridgehead atoms. The number of anilines is 1. The number of nitrogen functional groups attached to an aromatic ring is 1. The van der Waals surface area contributed by atoms with Gasteiger partial charge in [0.25, 0.3) is 0 Å². The maximum atomic E-state index is 12.7. The van der Waals surface area contributed by atoms with Gasteiger partial charge >= 0.3 is 11.9 Å². The van der Waals surface area contributed by atoms with Gasteiger partial charge in [-0.2, -0.15) is 0 Å². The van der Waals surface area contributed by atoms with Crippen molar-refractivity contribution in [3.8, 4) is 11.3 Å². The molecule has 0 atom stereocenters. The largest absolute Gasteiger partial charge is 0.463 e. The minimum Gasteiger partial charge on any atom is -0.463 e. The number of hydrogen-bond acceptors (Lipinski definition) is 5. The van der Waals surface area contributed by atoms with E-state index in [2.05, 4.69) is 0 Å². The van der Waals surface area contributed by atoms with Crippen LogP contribution in [0.1, 0.15) is 13.8 Å². The molecule has 6 nitrogen and oxygen atoms in total. The van der Waals surface area contributed by atoms with E-state index in [0.717, 1.165) is 22.2 Å². The van der Waals surface area contributed by atoms with Gasteiger partial charge < -0.3 is 19.8 Å². The Morgan fingerprint density at radius 3 is 2.39 bits per heavy atom. The second-order valence-corrected chi connectivity index (χ2v) is 6.05. The molecule has 0 saturated carbocycles. The average molecular weight is 378 g/mol. The molecule has 144 valence electrons. The highest BCUT2D eigenvalue weighted by atomic mass is 16.5. The molecule has 0 spiro atoms. The number of nitrogens with zero attached hydrogens (tertiary/aromatic N) is 1. The van der Waals surface area contributed by atoms with Crippen LogP contribution in [0.25, 0.3) is 27.9 Å². The lowest BCUT2D eigenvalue weighted by atomic mass is 10.1. The molecule has 0 amide bonds. The van der Waals surface area contributed by atoms with Crippen molar-refractivity contribution < 1.29 is 19.1 Å². The lowest BCUT2D eigenvalue weighted by Crippen LogP contribution is -2.15. The Morgan fingerprint density at radius 2 is 1.71 bits per heavy atom. The third kappa shape index (κ3) is 3.91. The number of carbonyl (C=O) groups is 2. The summed E-state index contributed by atoms with van der Waals surface area (Å²) in [6.07, 6.45) is 1.17. The Morgan fingerprint density at radius 1 is 1.00 bits per heavy atom. The molecule has 0 aliphatic heterocycles. The zero-order chi connectivity index (χ0) is 20.1. The number of ether oxygens (including phenoxy) is 2. The van der Waals surface area contributed by atoms with Gasteiger partial charge in [-0.25, -0.2) is 9.59 Å². The first-order chi connectivity index (χ1) is 13.5. The van der Waals surface area contributed by atoms with Gasteiger partial charge in [0.1, 0.15) is 5.70 Å². The molecule has 1 heterocycles. The van der Waals surface area contributed by atoms with Crippen LogP contribution in [0.15, 0.2) is 60.7 Å². The first-order valence-corrected chi connectivity index (χ1v) is 9.07. The molecule has 0 aliphatic carbocycles. The first-order valence-electron chi connectivity index (χ1n) is 9.07. The highest BCUT2D eigenvalue weighted by Crippen LogP contribution is 2.32. The summed E-state index contributed by atoms with van der Waals surface area (Å²) in [6, 6.07) is 16.9. The fourth-order valence-electron chi connectivity index (χ4n) is 3.03. The molecule has 2 N–H and O–H groups in total. The number of aromatic nitrogens is 1. The van der Waals surface area contributed by atoms with Gasteiger partial charge in [0, 0.05) is 11.1 Å². The Labute approximate surface area is 163 Å². The number of hydrogen-bond donors (Lipinski definition) is 1. The van der Waals surface area contributed by atoms with Crippen molar-refractivity contribution in [1.29, 1.82) is 0 Å². The maximum absolute atomic E-state index is 12.7. The highest BCUT2D eigenvalue weighted by molar-refractivity contribution is 6.17. The maximum Gasteiger partial charge on any atom is 0.355 e. The lowest BCUT2D eigenvalue weighted by molar-refractivity contribution is -0.139. The van der Waals surface area contributed by atoms with Crippen molar-refractivity contribution in [2.75, 3.05) is 18.9 Å². The monoisotopic (exact) mass is 378 g/mol. The van der Waals surface area contributed by atoms with Crippen LogP contribution in [0.3, 0.4) is 0 Å². The Hall–Kier alpha value is -3.54. The third-order valence-corrected chi connectivity index (χ3v) is 4.16. The second-order valence-electron chi connectivity index (χ2n) is 6.05. The van der Waals surface area contributed by atoms with Gasteiger partial charge in [-0.05, 0) is 43.7 Å². The van der Waals surface area contributed by atoms with E-state index < -0.39 is 11.9 Å². The summed E-state index contributed by atoms with van der Waals surface area (Å²) in [6.45, 7) is 3.82. The molecular formula is C22H22N2O4. The first kappa shape index (κ1) is 19.2. The fourth-order valence-corrected chi connectivity index (χ4v) is 3.03. The minimum absolute atomic E-state index is 0.0823. The van der Waals surface area contributed by atoms with Gasteiger partial charge in [-0.1, -0.05) is 30.3 Å². The Balaban J connectivity index is 2.30. The molecular weight excluding hydrogens is 356 g/mol. The van der Waals surface area contributed by atoms with E-state index in [1.807, 2.05) is 48.5 Å². The summed E-state index contributed by atoms with van der Waals surface area (Å²) in [5.41, 5.74) is 8.99. The van der Waals surface area contributed by atoms with Crippen LogP contribution in [0.2, 0.25) is 0 Å². The third-order valence-electron chi connectivity index (χ3n) is 4.16. The number of rotatable bonds is 6. The quantitative estimate of drug-likeness (QED) is 0.400. The van der Waals surface area contributed by atoms with Gasteiger partial charge in [0.05, 0.1) is 30.5 Å². The van der Waals surface area contributed by atoms with E-state index in [4.69, 9.17) is 15.2 Å². The molecule has 28 heavy (non-hydrogen) atoms. The molecule has 0 unspecified atom stereocenters. The van der Waals surface area contributed by atoms with Gasteiger partial charge in [-0.3, -0.25) is 0 Å². The smallest absolute Gasteiger partial charge is 0.355 e. The second kappa shape index (κ2) is 8.43. The van der Waals surface area contributed by atoms with Crippen molar-refractivity contribution in [1.82, 2.24) is 4.57 Å². The molecule has 1 aromatic heterocycles. The van der Waals surface area contributed by atoms with E-state index in [9.17, 15) is 9.59 Å². The molecule has 0 aliphatic rings. The standard InChI is InChI=1S/C22H22N2O4/c1-3-27-21(25)14-20(22(26)28-4-2)24-18-11-10-17(23)12-16(18)13-19(24)15-8-6-5-7-9-15/h5-14H,3-4,23H2,1-2H3/b20-14-. The molecule has 3 rings (SSSR count). The van der Waals surface area contributed by atoms with Crippen LogP contribution < -0.4 is 5.73 Å². The predicted molar refractivity (Wildman–Crippen MR) is 109 cm³/mol. The van der Waals surface area contributed by atoms with Crippen LogP contribution in [0.5, 0.6) is 0 Å². The fraction of sp³-hybridized carbons (Fsp3) is 0.182. The summed E-state index contributed by atoms with van der Waals surface area (Å²) in [5.74, 6) is -1.22. The number of esters is 2. The van der Waals surface area contributed by atoms with Crippen molar-refractivity contribution in [2.45, 2.75) is 13.8 Å². The minimum atomic E-state index is -0.609. The molecule has 2 aromatic carbocycles. The van der Waals surface area contributed by atoms with E-state index in [0.29, 0.717) is 5.69 Å². The van der Waals surface area contributed by atoms with Crippen LogP contribution in [0.4, 0.5) is 5.69 Å². The molecule has 3 aromatic rings. The number of carbonyl (C=O) groups excluding carboxylic acids is 2. The SMILES string of the molecule is CCOC(=O)/C=C(/C(=O)OCC)n1c(-c2ccccc2)cc2cc(N)ccc21. The average Bonchev–Trinajstić information content (AvgIpc) is 3.05. The Bertz CT molecular complexity index is 1040. The van der Waals surface area contributed by atoms with Gasteiger partial charge in [-0.15, -0.1) is 0 Å². The summed E-state index contributed by atoms with van der Waals surface area (Å²) in [7, 11) is 0.